The van der Waals surface area contributed by atoms with Crippen LogP contribution in [0.3, 0.4) is 0 Å². The summed E-state index contributed by atoms with van der Waals surface area (Å²) in [6.07, 6.45) is -0.301. The molecule has 1 aromatic heterocycles. The zero-order valence-electron chi connectivity index (χ0n) is 13.3. The highest BCUT2D eigenvalue weighted by Gasteiger charge is 2.16. The molecule has 0 aliphatic carbocycles. The topological polar surface area (TPSA) is 81.1 Å². The number of hydrogen-bond donors (Lipinski definition) is 1. The third-order valence-electron chi connectivity index (χ3n) is 3.51. The molecule has 6 nitrogen and oxygen atoms in total. The van der Waals surface area contributed by atoms with Crippen molar-refractivity contribution < 1.29 is 9.59 Å². The number of rotatable bonds is 4. The van der Waals surface area contributed by atoms with Crippen molar-refractivity contribution in [1.82, 2.24) is 9.66 Å². The quantitative estimate of drug-likeness (QED) is 0.493. The molecule has 0 saturated heterocycles. The molecule has 3 aromatic rings. The first-order valence-electron chi connectivity index (χ1n) is 7.53. The molecule has 0 fully saturated rings. The lowest BCUT2D eigenvalue weighted by molar-refractivity contribution is -0.124. The van der Waals surface area contributed by atoms with Gasteiger partial charge in [0.25, 0.3) is 5.56 Å². The summed E-state index contributed by atoms with van der Waals surface area (Å²) in [4.78, 5) is 40.7. The second-order valence-corrected chi connectivity index (χ2v) is 6.76. The number of benzene rings is 2. The Kier molecular flexibility index (Phi) is 4.93. The molecule has 0 spiro atoms. The van der Waals surface area contributed by atoms with Gasteiger partial charge in [0.1, 0.15) is 5.78 Å². The lowest BCUT2D eigenvalue weighted by Crippen LogP contribution is -2.35. The van der Waals surface area contributed by atoms with Crippen molar-refractivity contribution in [2.45, 2.75) is 13.3 Å². The third kappa shape index (κ3) is 3.76. The lowest BCUT2D eigenvalue weighted by atomic mass is 10.2. The summed E-state index contributed by atoms with van der Waals surface area (Å²) < 4.78 is 2.00. The van der Waals surface area contributed by atoms with Gasteiger partial charge in [0.05, 0.1) is 17.3 Å². The summed E-state index contributed by atoms with van der Waals surface area (Å²) in [5, 5.41) is 0.398. The van der Waals surface area contributed by atoms with E-state index in [2.05, 4.69) is 33.0 Å². The number of carbonyl (C=O) groups excluding carboxylic acids is 2. The SMILES string of the molecule is CC(=O)CC(=O)Nn1c(-c2ccccc2)nc2ccc(I)cc2c1=O. The molecule has 0 aliphatic rings. The average Bonchev–Trinajstić information content (AvgIpc) is 2.58. The van der Waals surface area contributed by atoms with Gasteiger partial charge in [-0.05, 0) is 47.7 Å². The van der Waals surface area contributed by atoms with Crippen LogP contribution in [0.25, 0.3) is 22.3 Å². The number of Topliss-reactive ketones (excluding diaryl/α,β-unsaturated/α-hetero) is 1. The summed E-state index contributed by atoms with van der Waals surface area (Å²) in [6, 6.07) is 14.4. The van der Waals surface area contributed by atoms with Gasteiger partial charge in [-0.15, -0.1) is 0 Å². The smallest absolute Gasteiger partial charge is 0.280 e. The maximum Gasteiger partial charge on any atom is 0.280 e. The van der Waals surface area contributed by atoms with Crippen molar-refractivity contribution in [1.29, 1.82) is 0 Å². The fourth-order valence-corrected chi connectivity index (χ4v) is 2.92. The van der Waals surface area contributed by atoms with Gasteiger partial charge in [-0.2, -0.15) is 4.68 Å². The van der Waals surface area contributed by atoms with Crippen LogP contribution in [0.4, 0.5) is 0 Å². The molecule has 2 aromatic carbocycles. The van der Waals surface area contributed by atoms with Crippen LogP contribution in [0.5, 0.6) is 0 Å². The molecule has 25 heavy (non-hydrogen) atoms. The van der Waals surface area contributed by atoms with E-state index >= 15 is 0 Å². The highest BCUT2D eigenvalue weighted by atomic mass is 127. The minimum atomic E-state index is -0.557. The van der Waals surface area contributed by atoms with Gasteiger partial charge < -0.3 is 0 Å². The summed E-state index contributed by atoms with van der Waals surface area (Å²) in [5.74, 6) is -0.523. The van der Waals surface area contributed by atoms with E-state index in [1.54, 1.807) is 24.3 Å². The first-order chi connectivity index (χ1) is 12.0. The van der Waals surface area contributed by atoms with Gasteiger partial charge in [0.15, 0.2) is 5.82 Å². The molecular weight excluding hydrogens is 433 g/mol. The van der Waals surface area contributed by atoms with Crippen LogP contribution in [0, 0.1) is 3.57 Å². The molecule has 0 bridgehead atoms. The van der Waals surface area contributed by atoms with Gasteiger partial charge in [0, 0.05) is 9.13 Å². The van der Waals surface area contributed by atoms with Crippen LogP contribution in [-0.4, -0.2) is 21.4 Å². The highest BCUT2D eigenvalue weighted by Crippen LogP contribution is 2.19. The largest absolute Gasteiger partial charge is 0.299 e. The number of halogens is 1. The summed E-state index contributed by atoms with van der Waals surface area (Å²) in [6.45, 7) is 1.32. The maximum atomic E-state index is 12.9. The van der Waals surface area contributed by atoms with Crippen molar-refractivity contribution in [2.24, 2.45) is 0 Å². The number of amides is 1. The van der Waals surface area contributed by atoms with Crippen LogP contribution in [-0.2, 0) is 9.59 Å². The van der Waals surface area contributed by atoms with Crippen LogP contribution in [0.15, 0.2) is 53.3 Å². The molecule has 0 saturated carbocycles. The molecule has 1 N–H and O–H groups in total. The Morgan fingerprint density at radius 3 is 2.56 bits per heavy atom. The Morgan fingerprint density at radius 2 is 1.88 bits per heavy atom. The molecule has 0 atom stereocenters. The Labute approximate surface area is 157 Å². The zero-order valence-corrected chi connectivity index (χ0v) is 15.5. The van der Waals surface area contributed by atoms with Gasteiger partial charge in [0.2, 0.25) is 5.91 Å². The normalized spacial score (nSPS) is 10.6. The Morgan fingerprint density at radius 1 is 1.16 bits per heavy atom. The second kappa shape index (κ2) is 7.14. The number of nitrogens with one attached hydrogen (secondary N) is 1. The monoisotopic (exact) mass is 447 g/mol. The van der Waals surface area contributed by atoms with Crippen LogP contribution < -0.4 is 11.0 Å². The zero-order chi connectivity index (χ0) is 18.0. The van der Waals surface area contributed by atoms with Crippen molar-refractivity contribution in [3.63, 3.8) is 0 Å². The summed E-state index contributed by atoms with van der Waals surface area (Å²) >= 11 is 2.11. The van der Waals surface area contributed by atoms with E-state index in [1.165, 1.54) is 6.92 Å². The molecule has 0 aliphatic heterocycles. The maximum absolute atomic E-state index is 12.9. The third-order valence-corrected chi connectivity index (χ3v) is 4.18. The predicted octanol–water partition coefficient (Wildman–Crippen LogP) is 2.72. The molecule has 1 heterocycles. The first kappa shape index (κ1) is 17.3. The lowest BCUT2D eigenvalue weighted by Gasteiger charge is -2.14. The minimum absolute atomic E-state index is 0.282. The molecular formula is C18H14IN3O3. The van der Waals surface area contributed by atoms with E-state index in [0.29, 0.717) is 22.3 Å². The van der Waals surface area contributed by atoms with Crippen LogP contribution in [0.1, 0.15) is 13.3 Å². The van der Waals surface area contributed by atoms with E-state index in [-0.39, 0.29) is 17.8 Å². The van der Waals surface area contributed by atoms with Crippen molar-refractivity contribution in [3.8, 4) is 11.4 Å². The van der Waals surface area contributed by atoms with Gasteiger partial charge >= 0.3 is 0 Å². The molecule has 126 valence electrons. The van der Waals surface area contributed by atoms with E-state index in [1.807, 2.05) is 24.3 Å². The van der Waals surface area contributed by atoms with Crippen molar-refractivity contribution in [3.05, 3.63) is 62.5 Å². The highest BCUT2D eigenvalue weighted by molar-refractivity contribution is 14.1. The number of aromatic nitrogens is 2. The molecule has 1 amide bonds. The van der Waals surface area contributed by atoms with Crippen LogP contribution in [0.2, 0.25) is 0 Å². The van der Waals surface area contributed by atoms with Crippen molar-refractivity contribution in [2.75, 3.05) is 5.43 Å². The number of hydrogen-bond acceptors (Lipinski definition) is 4. The van der Waals surface area contributed by atoms with Gasteiger partial charge in [-0.25, -0.2) is 4.98 Å². The Hall–Kier alpha value is -2.55. The second-order valence-electron chi connectivity index (χ2n) is 5.52. The fraction of sp³-hybridized carbons (Fsp3) is 0.111. The average molecular weight is 447 g/mol. The number of carbonyl (C=O) groups is 2. The standard InChI is InChI=1S/C18H14IN3O3/c1-11(23)9-16(24)21-22-17(12-5-3-2-4-6-12)20-15-8-7-13(19)10-14(15)18(22)25/h2-8,10H,9H2,1H3,(H,21,24). The van der Waals surface area contributed by atoms with Crippen molar-refractivity contribution >= 4 is 45.2 Å². The van der Waals surface area contributed by atoms with Gasteiger partial charge in [-0.3, -0.25) is 19.8 Å². The Balaban J connectivity index is 2.23. The molecule has 0 radical (unpaired) electrons. The van der Waals surface area contributed by atoms with Gasteiger partial charge in [-0.1, -0.05) is 30.3 Å². The van der Waals surface area contributed by atoms with Crippen LogP contribution >= 0.6 is 22.6 Å². The predicted molar refractivity (Wildman–Crippen MR) is 104 cm³/mol. The van der Waals surface area contributed by atoms with E-state index in [9.17, 15) is 14.4 Å². The van der Waals surface area contributed by atoms with E-state index in [0.717, 1.165) is 8.25 Å². The molecule has 7 heteroatoms. The Bertz CT molecular complexity index is 1030. The summed E-state index contributed by atoms with van der Waals surface area (Å²) in [7, 11) is 0. The van der Waals surface area contributed by atoms with E-state index < -0.39 is 5.91 Å². The number of ketones is 1. The number of fused-ring (bicyclic) bond motifs is 1. The first-order valence-corrected chi connectivity index (χ1v) is 8.60. The molecule has 3 rings (SSSR count). The van der Waals surface area contributed by atoms with E-state index in [4.69, 9.17) is 0 Å². The fourth-order valence-electron chi connectivity index (χ4n) is 2.43. The molecule has 0 unspecified atom stereocenters. The summed E-state index contributed by atoms with van der Waals surface area (Å²) in [5.41, 5.74) is 3.34. The minimum Gasteiger partial charge on any atom is -0.299 e. The number of nitrogens with zero attached hydrogens (tertiary/aromatic N) is 2.